The summed E-state index contributed by atoms with van der Waals surface area (Å²) in [6.45, 7) is 16.8. The molecular formula is C18H37N5O. The summed E-state index contributed by atoms with van der Waals surface area (Å²) in [5.74, 6) is 1.70. The van der Waals surface area contributed by atoms with Gasteiger partial charge in [-0.15, -0.1) is 0 Å². The second-order valence-electron chi connectivity index (χ2n) is 7.00. The van der Waals surface area contributed by atoms with Gasteiger partial charge in [-0.25, -0.2) is 0 Å². The number of ether oxygens (including phenoxy) is 1. The normalized spacial score (nSPS) is 25.5. The van der Waals surface area contributed by atoms with Gasteiger partial charge in [0.15, 0.2) is 5.96 Å². The van der Waals surface area contributed by atoms with Crippen molar-refractivity contribution in [1.29, 1.82) is 0 Å². The molecule has 0 saturated carbocycles. The summed E-state index contributed by atoms with van der Waals surface area (Å²) in [7, 11) is 0. The minimum Gasteiger partial charge on any atom is -0.379 e. The van der Waals surface area contributed by atoms with E-state index in [1.807, 2.05) is 0 Å². The molecule has 2 rings (SSSR count). The lowest BCUT2D eigenvalue weighted by Crippen LogP contribution is -2.46. The molecule has 0 aromatic carbocycles. The van der Waals surface area contributed by atoms with E-state index in [1.165, 1.54) is 32.5 Å². The van der Waals surface area contributed by atoms with Gasteiger partial charge in [-0.05, 0) is 45.7 Å². The van der Waals surface area contributed by atoms with Crippen molar-refractivity contribution in [2.45, 2.75) is 39.7 Å². The number of nitrogens with one attached hydrogen (secondary N) is 2. The maximum Gasteiger partial charge on any atom is 0.191 e. The van der Waals surface area contributed by atoms with Gasteiger partial charge in [0.05, 0.1) is 19.8 Å². The third-order valence-electron chi connectivity index (χ3n) is 5.14. The molecule has 2 atom stereocenters. The average Bonchev–Trinajstić information content (AvgIpc) is 2.64. The molecule has 2 aliphatic rings. The first-order valence-electron chi connectivity index (χ1n) is 9.79. The first-order chi connectivity index (χ1) is 11.7. The fourth-order valence-electron chi connectivity index (χ4n) is 3.54. The molecule has 140 valence electrons. The fourth-order valence-corrected chi connectivity index (χ4v) is 3.54. The Morgan fingerprint density at radius 1 is 1.21 bits per heavy atom. The molecular weight excluding hydrogens is 302 g/mol. The number of morpholine rings is 1. The fraction of sp³-hybridized carbons (Fsp3) is 0.944. The quantitative estimate of drug-likeness (QED) is 0.535. The van der Waals surface area contributed by atoms with Crippen molar-refractivity contribution in [2.75, 3.05) is 65.6 Å². The van der Waals surface area contributed by atoms with Gasteiger partial charge < -0.3 is 20.3 Å². The molecule has 0 bridgehead atoms. The molecule has 0 aliphatic carbocycles. The number of piperidine rings is 1. The van der Waals surface area contributed by atoms with Gasteiger partial charge in [-0.3, -0.25) is 9.89 Å². The minimum absolute atomic E-state index is 0.467. The van der Waals surface area contributed by atoms with E-state index in [0.29, 0.717) is 6.04 Å². The predicted molar refractivity (Wildman–Crippen MR) is 101 cm³/mol. The standard InChI is InChI=1S/C18H37N5O/c1-4-19-18(20-13-16(3)23-9-11-24-12-10-23)21-14-17-7-6-8-22(5-2)15-17/h16-17H,4-15H2,1-3H3,(H2,19,20,21). The summed E-state index contributed by atoms with van der Waals surface area (Å²) >= 11 is 0. The molecule has 6 heteroatoms. The van der Waals surface area contributed by atoms with Crippen molar-refractivity contribution >= 4 is 5.96 Å². The molecule has 0 amide bonds. The summed E-state index contributed by atoms with van der Waals surface area (Å²) in [4.78, 5) is 9.84. The van der Waals surface area contributed by atoms with Crippen LogP contribution < -0.4 is 10.6 Å². The zero-order valence-electron chi connectivity index (χ0n) is 15.9. The topological polar surface area (TPSA) is 52.1 Å². The highest BCUT2D eigenvalue weighted by Gasteiger charge is 2.19. The molecule has 2 heterocycles. The molecule has 0 aromatic heterocycles. The molecule has 2 N–H and O–H groups in total. The van der Waals surface area contributed by atoms with Crippen LogP contribution in [-0.4, -0.2) is 87.4 Å². The summed E-state index contributed by atoms with van der Waals surface area (Å²) in [6.07, 6.45) is 2.65. The highest BCUT2D eigenvalue weighted by Crippen LogP contribution is 2.15. The number of guanidine groups is 1. The van der Waals surface area contributed by atoms with Crippen LogP contribution in [0.3, 0.4) is 0 Å². The van der Waals surface area contributed by atoms with E-state index in [0.717, 1.165) is 57.8 Å². The SMILES string of the molecule is CCNC(=NCC(C)N1CCOCC1)NCC1CCCN(CC)C1. The van der Waals surface area contributed by atoms with Gasteiger partial charge in [0, 0.05) is 38.8 Å². The monoisotopic (exact) mass is 339 g/mol. The van der Waals surface area contributed by atoms with Gasteiger partial charge in [0.2, 0.25) is 0 Å². The summed E-state index contributed by atoms with van der Waals surface area (Å²) in [5, 5.41) is 6.95. The number of nitrogens with zero attached hydrogens (tertiary/aromatic N) is 3. The highest BCUT2D eigenvalue weighted by atomic mass is 16.5. The zero-order chi connectivity index (χ0) is 17.2. The van der Waals surface area contributed by atoms with Crippen LogP contribution in [-0.2, 0) is 4.74 Å². The summed E-state index contributed by atoms with van der Waals surface area (Å²) in [6, 6.07) is 0.467. The Hall–Kier alpha value is -0.850. The van der Waals surface area contributed by atoms with Gasteiger partial charge in [0.25, 0.3) is 0 Å². The van der Waals surface area contributed by atoms with E-state index < -0.39 is 0 Å². The molecule has 2 saturated heterocycles. The molecule has 2 fully saturated rings. The molecule has 0 spiro atoms. The molecule has 2 aliphatic heterocycles. The number of hydrogen-bond donors (Lipinski definition) is 2. The third-order valence-corrected chi connectivity index (χ3v) is 5.14. The van der Waals surface area contributed by atoms with Gasteiger partial charge >= 0.3 is 0 Å². The maximum atomic E-state index is 5.43. The Kier molecular flexibility index (Phi) is 8.84. The summed E-state index contributed by atoms with van der Waals surface area (Å²) < 4.78 is 5.43. The van der Waals surface area contributed by atoms with Crippen LogP contribution in [0.5, 0.6) is 0 Å². The highest BCUT2D eigenvalue weighted by molar-refractivity contribution is 5.79. The van der Waals surface area contributed by atoms with Crippen LogP contribution >= 0.6 is 0 Å². The van der Waals surface area contributed by atoms with Crippen molar-refractivity contribution in [3.05, 3.63) is 0 Å². The second kappa shape index (κ2) is 10.9. The van der Waals surface area contributed by atoms with Crippen molar-refractivity contribution in [2.24, 2.45) is 10.9 Å². The predicted octanol–water partition coefficient (Wildman–Crippen LogP) is 0.994. The number of likely N-dealkylation sites (tertiary alicyclic amines) is 1. The first-order valence-corrected chi connectivity index (χ1v) is 9.79. The Morgan fingerprint density at radius 3 is 2.71 bits per heavy atom. The maximum absolute atomic E-state index is 5.43. The largest absolute Gasteiger partial charge is 0.379 e. The lowest BCUT2D eigenvalue weighted by molar-refractivity contribution is 0.0220. The van der Waals surface area contributed by atoms with Crippen LogP contribution in [0, 0.1) is 5.92 Å². The number of aliphatic imine (C=N–C) groups is 1. The molecule has 24 heavy (non-hydrogen) atoms. The van der Waals surface area contributed by atoms with Gasteiger partial charge in [-0.2, -0.15) is 0 Å². The minimum atomic E-state index is 0.467. The van der Waals surface area contributed by atoms with Crippen LogP contribution in [0.2, 0.25) is 0 Å². The van der Waals surface area contributed by atoms with E-state index in [2.05, 4.69) is 41.2 Å². The van der Waals surface area contributed by atoms with Crippen LogP contribution in [0.25, 0.3) is 0 Å². The Labute approximate surface area is 148 Å². The van der Waals surface area contributed by atoms with E-state index in [9.17, 15) is 0 Å². The smallest absolute Gasteiger partial charge is 0.191 e. The van der Waals surface area contributed by atoms with E-state index in [-0.39, 0.29) is 0 Å². The zero-order valence-corrected chi connectivity index (χ0v) is 15.9. The Balaban J connectivity index is 1.77. The first kappa shape index (κ1) is 19.5. The van der Waals surface area contributed by atoms with Crippen LogP contribution in [0.1, 0.15) is 33.6 Å². The lowest BCUT2D eigenvalue weighted by atomic mass is 9.98. The third kappa shape index (κ3) is 6.57. The number of rotatable bonds is 7. The van der Waals surface area contributed by atoms with Crippen LogP contribution in [0.15, 0.2) is 4.99 Å². The number of hydrogen-bond acceptors (Lipinski definition) is 4. The summed E-state index contributed by atoms with van der Waals surface area (Å²) in [5.41, 5.74) is 0. The van der Waals surface area contributed by atoms with E-state index >= 15 is 0 Å². The lowest BCUT2D eigenvalue weighted by Gasteiger charge is -2.32. The van der Waals surface area contributed by atoms with E-state index in [1.54, 1.807) is 0 Å². The molecule has 6 nitrogen and oxygen atoms in total. The van der Waals surface area contributed by atoms with Crippen molar-refractivity contribution in [1.82, 2.24) is 20.4 Å². The van der Waals surface area contributed by atoms with Gasteiger partial charge in [0.1, 0.15) is 0 Å². The van der Waals surface area contributed by atoms with Crippen molar-refractivity contribution in [3.8, 4) is 0 Å². The molecule has 2 unspecified atom stereocenters. The molecule has 0 radical (unpaired) electrons. The average molecular weight is 340 g/mol. The Morgan fingerprint density at radius 2 is 2.00 bits per heavy atom. The van der Waals surface area contributed by atoms with Crippen LogP contribution in [0.4, 0.5) is 0 Å². The van der Waals surface area contributed by atoms with Crippen molar-refractivity contribution in [3.63, 3.8) is 0 Å². The van der Waals surface area contributed by atoms with Crippen molar-refractivity contribution < 1.29 is 4.74 Å². The molecule has 0 aromatic rings. The van der Waals surface area contributed by atoms with E-state index in [4.69, 9.17) is 9.73 Å². The Bertz CT molecular complexity index is 370. The second-order valence-corrected chi connectivity index (χ2v) is 7.00. The van der Waals surface area contributed by atoms with Gasteiger partial charge in [-0.1, -0.05) is 6.92 Å².